The first-order valence-electron chi connectivity index (χ1n) is 18.7. The van der Waals surface area contributed by atoms with Gasteiger partial charge in [-0.1, -0.05) is 143 Å². The molecule has 50 heavy (non-hydrogen) atoms. The number of nitrogens with zero attached hydrogens (tertiary/aromatic N) is 2. The first kappa shape index (κ1) is 34.5. The molecule has 3 aliphatic rings. The van der Waals surface area contributed by atoms with E-state index in [0.717, 1.165) is 0 Å². The van der Waals surface area contributed by atoms with E-state index in [1.807, 2.05) is 0 Å². The van der Waals surface area contributed by atoms with E-state index in [1.54, 1.807) is 0 Å². The van der Waals surface area contributed by atoms with Crippen LogP contribution in [0.3, 0.4) is 0 Å². The molecular weight excluding hydrogens is 603 g/mol. The van der Waals surface area contributed by atoms with Crippen molar-refractivity contribution in [3.05, 3.63) is 131 Å². The van der Waals surface area contributed by atoms with Crippen LogP contribution in [0.2, 0.25) is 5.82 Å². The van der Waals surface area contributed by atoms with Gasteiger partial charge in [0.1, 0.15) is 0 Å². The van der Waals surface area contributed by atoms with E-state index in [9.17, 15) is 0 Å². The van der Waals surface area contributed by atoms with Gasteiger partial charge in [0, 0.05) is 34.3 Å². The van der Waals surface area contributed by atoms with Crippen LogP contribution in [0.1, 0.15) is 112 Å². The molecule has 0 bridgehead atoms. The number of rotatable bonds is 2. The van der Waals surface area contributed by atoms with Gasteiger partial charge in [0.2, 0.25) is 6.71 Å². The molecule has 0 amide bonds. The highest BCUT2D eigenvalue weighted by Crippen LogP contribution is 2.51. The van der Waals surface area contributed by atoms with Crippen molar-refractivity contribution in [3.8, 4) is 0 Å². The SMILES string of the molecule is CC1=CC2C3B(c4cc(C(C)(C)C)ccc4N(c4ccc(C(C)(C)C)cc4)C3=C1)c1cc(C(C)(C)C)ccc1N2c1ccc(C(C)(C)C)cc1. The summed E-state index contributed by atoms with van der Waals surface area (Å²) in [5.41, 5.74) is 16.5. The molecule has 2 nitrogen and oxygen atoms in total. The number of hydrogen-bond acceptors (Lipinski definition) is 2. The predicted molar refractivity (Wildman–Crippen MR) is 219 cm³/mol. The second-order valence-electron chi connectivity index (χ2n) is 19.3. The molecule has 0 fully saturated rings. The highest BCUT2D eigenvalue weighted by molar-refractivity contribution is 6.90. The highest BCUT2D eigenvalue weighted by Gasteiger charge is 2.52. The van der Waals surface area contributed by atoms with Crippen LogP contribution < -0.4 is 20.7 Å². The fourth-order valence-corrected chi connectivity index (χ4v) is 8.39. The van der Waals surface area contributed by atoms with Crippen molar-refractivity contribution >= 4 is 40.4 Å². The third-order valence-corrected chi connectivity index (χ3v) is 11.4. The summed E-state index contributed by atoms with van der Waals surface area (Å²) in [6.07, 6.45) is 5.02. The standard InChI is InChI=1S/C47H57BN2/c1-30-26-41-43-42(27-30)50(36-22-16-32(17-23-36)45(5,6)7)40-25-19-34(47(11,12)13)29-38(40)48(43)37-28-33(46(8,9)10)18-24-39(37)49(41)35-20-14-31(15-21-35)44(2,3)4/h14-29,41,43H,1-13H3. The molecule has 2 aliphatic heterocycles. The van der Waals surface area contributed by atoms with E-state index >= 15 is 0 Å². The summed E-state index contributed by atoms with van der Waals surface area (Å²) in [6, 6.07) is 33.6. The molecule has 7 rings (SSSR count). The van der Waals surface area contributed by atoms with Crippen molar-refractivity contribution in [2.75, 3.05) is 9.80 Å². The van der Waals surface area contributed by atoms with Gasteiger partial charge in [-0.25, -0.2) is 0 Å². The lowest BCUT2D eigenvalue weighted by Gasteiger charge is -2.53. The van der Waals surface area contributed by atoms with E-state index in [4.69, 9.17) is 0 Å². The molecule has 3 heteroatoms. The van der Waals surface area contributed by atoms with Gasteiger partial charge in [0.05, 0.1) is 6.04 Å². The minimum atomic E-state index is 0.0401. The number of allylic oxidation sites excluding steroid dienone is 2. The molecule has 0 radical (unpaired) electrons. The molecule has 4 aromatic rings. The molecule has 0 spiro atoms. The molecule has 0 saturated heterocycles. The average Bonchev–Trinajstić information content (AvgIpc) is 3.02. The lowest BCUT2D eigenvalue weighted by molar-refractivity contribution is 0.590. The lowest BCUT2D eigenvalue weighted by Crippen LogP contribution is -2.63. The van der Waals surface area contributed by atoms with Crippen LogP contribution in [-0.2, 0) is 21.7 Å². The summed E-state index contributed by atoms with van der Waals surface area (Å²) in [6.45, 7) is 30.4. The van der Waals surface area contributed by atoms with Crippen LogP contribution in [0.15, 0.2) is 108 Å². The van der Waals surface area contributed by atoms with Crippen LogP contribution in [0.25, 0.3) is 0 Å². The number of fused-ring (bicyclic) bond motifs is 4. The summed E-state index contributed by atoms with van der Waals surface area (Å²) in [5, 5.41) is 0. The summed E-state index contributed by atoms with van der Waals surface area (Å²) >= 11 is 0. The molecule has 0 N–H and O–H groups in total. The molecule has 2 unspecified atom stereocenters. The van der Waals surface area contributed by atoms with Gasteiger partial charge < -0.3 is 9.80 Å². The first-order valence-corrected chi connectivity index (χ1v) is 18.7. The molecular formula is C47H57BN2. The normalized spacial score (nSPS) is 19.0. The molecule has 1 aliphatic carbocycles. The Bertz CT molecular complexity index is 2000. The van der Waals surface area contributed by atoms with Crippen LogP contribution in [-0.4, -0.2) is 12.8 Å². The Morgan fingerprint density at radius 3 is 1.40 bits per heavy atom. The summed E-state index contributed by atoms with van der Waals surface area (Å²) in [5.74, 6) is 0.230. The Morgan fingerprint density at radius 2 is 0.920 bits per heavy atom. The third kappa shape index (κ3) is 5.85. The average molecular weight is 661 g/mol. The quantitative estimate of drug-likeness (QED) is 0.198. The molecule has 0 aromatic heterocycles. The van der Waals surface area contributed by atoms with E-state index in [2.05, 4.69) is 197 Å². The monoisotopic (exact) mass is 660 g/mol. The molecule has 2 atom stereocenters. The predicted octanol–water partition coefficient (Wildman–Crippen LogP) is 11.4. The Kier molecular flexibility index (Phi) is 7.94. The van der Waals surface area contributed by atoms with Gasteiger partial charge in [-0.2, -0.15) is 0 Å². The van der Waals surface area contributed by atoms with Crippen molar-refractivity contribution in [3.63, 3.8) is 0 Å². The Balaban J connectivity index is 1.53. The van der Waals surface area contributed by atoms with E-state index in [1.165, 1.54) is 67.2 Å². The minimum Gasteiger partial charge on any atom is -0.335 e. The fourth-order valence-electron chi connectivity index (χ4n) is 8.39. The van der Waals surface area contributed by atoms with E-state index < -0.39 is 0 Å². The second kappa shape index (κ2) is 11.5. The Labute approximate surface area is 303 Å². The lowest BCUT2D eigenvalue weighted by atomic mass is 9.28. The maximum Gasteiger partial charge on any atom is 0.226 e. The van der Waals surface area contributed by atoms with Gasteiger partial charge in [0.15, 0.2) is 0 Å². The third-order valence-electron chi connectivity index (χ3n) is 11.4. The number of anilines is 4. The van der Waals surface area contributed by atoms with Crippen molar-refractivity contribution in [2.24, 2.45) is 0 Å². The zero-order valence-corrected chi connectivity index (χ0v) is 32.9. The highest BCUT2D eigenvalue weighted by atomic mass is 15.2. The van der Waals surface area contributed by atoms with Gasteiger partial charge in [-0.3, -0.25) is 0 Å². The largest absolute Gasteiger partial charge is 0.335 e. The molecule has 4 aromatic carbocycles. The second-order valence-corrected chi connectivity index (χ2v) is 19.3. The maximum atomic E-state index is 2.66. The summed E-state index contributed by atoms with van der Waals surface area (Å²) < 4.78 is 0. The van der Waals surface area contributed by atoms with Gasteiger partial charge in [-0.15, -0.1) is 0 Å². The van der Waals surface area contributed by atoms with Gasteiger partial charge in [0.25, 0.3) is 0 Å². The molecule has 2 heterocycles. The smallest absolute Gasteiger partial charge is 0.226 e. The fraction of sp³-hybridized carbons (Fsp3) is 0.404. The van der Waals surface area contributed by atoms with Crippen molar-refractivity contribution < 1.29 is 0 Å². The van der Waals surface area contributed by atoms with Crippen LogP contribution >= 0.6 is 0 Å². The Morgan fingerprint density at radius 1 is 0.500 bits per heavy atom. The van der Waals surface area contributed by atoms with Crippen molar-refractivity contribution in [1.29, 1.82) is 0 Å². The molecule has 0 saturated carbocycles. The maximum absolute atomic E-state index is 2.66. The van der Waals surface area contributed by atoms with Gasteiger partial charge in [-0.05, 0) is 104 Å². The summed E-state index contributed by atoms with van der Waals surface area (Å²) in [4.78, 5) is 5.25. The topological polar surface area (TPSA) is 6.48 Å². The van der Waals surface area contributed by atoms with Crippen LogP contribution in [0.5, 0.6) is 0 Å². The summed E-state index contributed by atoms with van der Waals surface area (Å²) in [7, 11) is 0. The zero-order valence-electron chi connectivity index (χ0n) is 32.9. The van der Waals surface area contributed by atoms with Crippen molar-refractivity contribution in [1.82, 2.24) is 0 Å². The minimum absolute atomic E-state index is 0.0401. The Hall–Kier alpha value is -3.98. The van der Waals surface area contributed by atoms with Crippen molar-refractivity contribution in [2.45, 2.75) is 124 Å². The molecule has 258 valence electrons. The van der Waals surface area contributed by atoms with Gasteiger partial charge >= 0.3 is 0 Å². The van der Waals surface area contributed by atoms with E-state index in [-0.39, 0.29) is 40.2 Å². The first-order chi connectivity index (χ1) is 23.2. The number of benzene rings is 4. The van der Waals surface area contributed by atoms with E-state index in [0.29, 0.717) is 0 Å². The van der Waals surface area contributed by atoms with Crippen LogP contribution in [0, 0.1) is 0 Å². The number of hydrogen-bond donors (Lipinski definition) is 0. The van der Waals surface area contributed by atoms with Crippen LogP contribution in [0.4, 0.5) is 22.7 Å². The zero-order chi connectivity index (χ0) is 36.1.